The Balaban J connectivity index is 2.65. The number of carbonyl (C=O) groups is 1. The van der Waals surface area contributed by atoms with E-state index in [1.54, 1.807) is 10.8 Å². The van der Waals surface area contributed by atoms with Gasteiger partial charge in [-0.1, -0.05) is 6.92 Å². The maximum atomic E-state index is 10.2. The minimum absolute atomic E-state index is 0.00694. The van der Waals surface area contributed by atoms with E-state index >= 15 is 0 Å². The van der Waals surface area contributed by atoms with Crippen molar-refractivity contribution in [2.75, 3.05) is 0 Å². The summed E-state index contributed by atoms with van der Waals surface area (Å²) in [5.74, 6) is -0.843. The maximum Gasteiger partial charge on any atom is 0.323 e. The molecule has 0 aliphatic heterocycles. The summed E-state index contributed by atoms with van der Waals surface area (Å²) in [4.78, 5) is 14.2. The second-order valence-corrected chi connectivity index (χ2v) is 2.28. The molecule has 0 amide bonds. The topological polar surface area (TPSA) is 55.1 Å². The van der Waals surface area contributed by atoms with Crippen LogP contribution in [0.25, 0.3) is 0 Å². The van der Waals surface area contributed by atoms with Crippen LogP contribution in [0, 0.1) is 0 Å². The molecule has 0 saturated carbocycles. The van der Waals surface area contributed by atoms with Gasteiger partial charge in [-0.2, -0.15) is 0 Å². The first-order valence-electron chi connectivity index (χ1n) is 3.45. The number of aryl methyl sites for hydroxylation is 1. The van der Waals surface area contributed by atoms with Crippen molar-refractivity contribution in [3.05, 3.63) is 18.2 Å². The molecular formula is C7H10N2O2. The van der Waals surface area contributed by atoms with Gasteiger partial charge in [0.15, 0.2) is 0 Å². The van der Waals surface area contributed by atoms with Gasteiger partial charge in [-0.05, 0) is 6.42 Å². The largest absolute Gasteiger partial charge is 0.480 e. The molecular weight excluding hydrogens is 144 g/mol. The number of nitrogens with zero attached hydrogens (tertiary/aromatic N) is 2. The van der Waals surface area contributed by atoms with Crippen molar-refractivity contribution >= 4 is 5.97 Å². The number of aliphatic carboxylic acids is 1. The Labute approximate surface area is 64.5 Å². The van der Waals surface area contributed by atoms with Crippen LogP contribution in [0.5, 0.6) is 0 Å². The van der Waals surface area contributed by atoms with Crippen LogP contribution in [0.2, 0.25) is 0 Å². The van der Waals surface area contributed by atoms with Crippen LogP contribution in [0.3, 0.4) is 0 Å². The van der Waals surface area contributed by atoms with Gasteiger partial charge in [0.1, 0.15) is 6.54 Å². The maximum absolute atomic E-state index is 10.2. The number of imidazole rings is 1. The summed E-state index contributed by atoms with van der Waals surface area (Å²) in [6, 6.07) is 0. The van der Waals surface area contributed by atoms with Gasteiger partial charge < -0.3 is 9.67 Å². The lowest BCUT2D eigenvalue weighted by molar-refractivity contribution is -0.137. The Morgan fingerprint density at radius 3 is 3.00 bits per heavy atom. The summed E-state index contributed by atoms with van der Waals surface area (Å²) < 4.78 is 1.56. The quantitative estimate of drug-likeness (QED) is 0.690. The predicted molar refractivity (Wildman–Crippen MR) is 39.2 cm³/mol. The van der Waals surface area contributed by atoms with Crippen molar-refractivity contribution in [3.8, 4) is 0 Å². The van der Waals surface area contributed by atoms with E-state index in [2.05, 4.69) is 4.98 Å². The number of carboxylic acid groups (broad SMARTS) is 1. The molecule has 0 unspecified atom stereocenters. The third-order valence-electron chi connectivity index (χ3n) is 1.37. The lowest BCUT2D eigenvalue weighted by Gasteiger charge is -1.92. The number of hydrogen-bond acceptors (Lipinski definition) is 2. The molecule has 0 aromatic carbocycles. The number of rotatable bonds is 3. The van der Waals surface area contributed by atoms with Crippen molar-refractivity contribution < 1.29 is 9.90 Å². The third kappa shape index (κ3) is 2.07. The van der Waals surface area contributed by atoms with E-state index in [0.29, 0.717) is 0 Å². The number of aromatic nitrogens is 2. The standard InChI is InChI=1S/C7H10N2O2/c1-2-6-3-9(5-8-6)4-7(10)11/h3,5H,2,4H2,1H3,(H,10,11). The fourth-order valence-electron chi connectivity index (χ4n) is 0.832. The first kappa shape index (κ1) is 7.78. The van der Waals surface area contributed by atoms with Gasteiger partial charge in [0, 0.05) is 6.20 Å². The molecule has 4 nitrogen and oxygen atoms in total. The van der Waals surface area contributed by atoms with Gasteiger partial charge in [-0.3, -0.25) is 4.79 Å². The molecule has 1 aromatic rings. The van der Waals surface area contributed by atoms with E-state index in [-0.39, 0.29) is 6.54 Å². The zero-order valence-corrected chi connectivity index (χ0v) is 6.32. The van der Waals surface area contributed by atoms with E-state index in [9.17, 15) is 4.79 Å². The summed E-state index contributed by atoms with van der Waals surface area (Å²) in [5, 5.41) is 8.40. The van der Waals surface area contributed by atoms with E-state index in [1.807, 2.05) is 6.92 Å². The van der Waals surface area contributed by atoms with Crippen LogP contribution in [0.4, 0.5) is 0 Å². The van der Waals surface area contributed by atoms with E-state index in [1.165, 1.54) is 6.33 Å². The Kier molecular flexibility index (Phi) is 2.25. The van der Waals surface area contributed by atoms with Crippen molar-refractivity contribution in [2.24, 2.45) is 0 Å². The molecule has 0 aliphatic carbocycles. The highest BCUT2D eigenvalue weighted by Gasteiger charge is 1.99. The molecule has 0 atom stereocenters. The average molecular weight is 154 g/mol. The molecule has 4 heteroatoms. The molecule has 1 rings (SSSR count). The Morgan fingerprint density at radius 2 is 2.55 bits per heavy atom. The van der Waals surface area contributed by atoms with Gasteiger partial charge in [-0.25, -0.2) is 4.98 Å². The summed E-state index contributed by atoms with van der Waals surface area (Å²) in [5.41, 5.74) is 0.922. The zero-order valence-electron chi connectivity index (χ0n) is 6.32. The highest BCUT2D eigenvalue weighted by Crippen LogP contribution is 1.95. The van der Waals surface area contributed by atoms with Crippen molar-refractivity contribution in [1.29, 1.82) is 0 Å². The highest BCUT2D eigenvalue weighted by atomic mass is 16.4. The second kappa shape index (κ2) is 3.18. The van der Waals surface area contributed by atoms with Crippen molar-refractivity contribution in [1.82, 2.24) is 9.55 Å². The molecule has 0 bridgehead atoms. The highest BCUT2D eigenvalue weighted by molar-refractivity contribution is 5.66. The molecule has 0 saturated heterocycles. The van der Waals surface area contributed by atoms with Crippen molar-refractivity contribution in [2.45, 2.75) is 19.9 Å². The normalized spacial score (nSPS) is 9.91. The molecule has 11 heavy (non-hydrogen) atoms. The summed E-state index contributed by atoms with van der Waals surface area (Å²) >= 11 is 0. The number of hydrogen-bond donors (Lipinski definition) is 1. The van der Waals surface area contributed by atoms with E-state index < -0.39 is 5.97 Å². The summed E-state index contributed by atoms with van der Waals surface area (Å²) in [7, 11) is 0. The Morgan fingerprint density at radius 1 is 1.82 bits per heavy atom. The number of carboxylic acids is 1. The van der Waals surface area contributed by atoms with Crippen LogP contribution >= 0.6 is 0 Å². The van der Waals surface area contributed by atoms with Gasteiger partial charge >= 0.3 is 5.97 Å². The monoisotopic (exact) mass is 154 g/mol. The first-order valence-corrected chi connectivity index (χ1v) is 3.45. The van der Waals surface area contributed by atoms with Crippen LogP contribution in [0.15, 0.2) is 12.5 Å². The van der Waals surface area contributed by atoms with Gasteiger partial charge in [-0.15, -0.1) is 0 Å². The van der Waals surface area contributed by atoms with Crippen LogP contribution in [-0.4, -0.2) is 20.6 Å². The third-order valence-corrected chi connectivity index (χ3v) is 1.37. The molecule has 1 heterocycles. The van der Waals surface area contributed by atoms with Gasteiger partial charge in [0.25, 0.3) is 0 Å². The first-order chi connectivity index (χ1) is 5.22. The molecule has 0 fully saturated rings. The minimum atomic E-state index is -0.843. The van der Waals surface area contributed by atoms with E-state index in [4.69, 9.17) is 5.11 Å². The smallest absolute Gasteiger partial charge is 0.323 e. The molecule has 1 aromatic heterocycles. The zero-order chi connectivity index (χ0) is 8.27. The SMILES string of the molecule is CCc1cn(CC(=O)O)cn1. The molecule has 0 spiro atoms. The van der Waals surface area contributed by atoms with Gasteiger partial charge in [0.2, 0.25) is 0 Å². The predicted octanol–water partition coefficient (Wildman–Crippen LogP) is 0.530. The Hall–Kier alpha value is -1.32. The van der Waals surface area contributed by atoms with Crippen LogP contribution in [0.1, 0.15) is 12.6 Å². The molecule has 0 aliphatic rings. The lowest BCUT2D eigenvalue weighted by Crippen LogP contribution is -2.06. The molecule has 60 valence electrons. The van der Waals surface area contributed by atoms with Crippen molar-refractivity contribution in [3.63, 3.8) is 0 Å². The minimum Gasteiger partial charge on any atom is -0.480 e. The Bertz CT molecular complexity index is 255. The summed E-state index contributed by atoms with van der Waals surface area (Å²) in [6.45, 7) is 1.97. The van der Waals surface area contributed by atoms with Crippen LogP contribution < -0.4 is 0 Å². The molecule has 1 N–H and O–H groups in total. The summed E-state index contributed by atoms with van der Waals surface area (Å²) in [6.07, 6.45) is 4.12. The average Bonchev–Trinajstić information content (AvgIpc) is 2.34. The fourth-order valence-corrected chi connectivity index (χ4v) is 0.832. The van der Waals surface area contributed by atoms with E-state index in [0.717, 1.165) is 12.1 Å². The molecule has 0 radical (unpaired) electrons. The fraction of sp³-hybridized carbons (Fsp3) is 0.429. The van der Waals surface area contributed by atoms with Crippen LogP contribution in [-0.2, 0) is 17.8 Å². The second-order valence-electron chi connectivity index (χ2n) is 2.28. The lowest BCUT2D eigenvalue weighted by atomic mass is 10.4. The van der Waals surface area contributed by atoms with Gasteiger partial charge in [0.05, 0.1) is 12.0 Å².